The number of hydrogen-bond donors (Lipinski definition) is 1. The van der Waals surface area contributed by atoms with E-state index in [9.17, 15) is 4.79 Å². The van der Waals surface area contributed by atoms with Crippen LogP contribution in [-0.2, 0) is 10.2 Å². The van der Waals surface area contributed by atoms with Gasteiger partial charge in [0.2, 0.25) is 5.91 Å². The number of hydrogen-bond acceptors (Lipinski definition) is 2. The average Bonchev–Trinajstić information content (AvgIpc) is 3.35. The maximum atomic E-state index is 12.9. The standard InChI is InChI=1S/C18H26N2O.ClH/c1-2-19-14-15-8-12-20(13-9-15)17(21)18(10-11-18)16-6-4-3-5-7-16;/h3-7,15,19H,2,8-14H2,1H3;1H. The highest BCUT2D eigenvalue weighted by atomic mass is 35.5. The molecule has 1 saturated carbocycles. The topological polar surface area (TPSA) is 32.3 Å². The quantitative estimate of drug-likeness (QED) is 0.904. The van der Waals surface area contributed by atoms with Gasteiger partial charge in [0.1, 0.15) is 0 Å². The molecule has 0 radical (unpaired) electrons. The summed E-state index contributed by atoms with van der Waals surface area (Å²) in [4.78, 5) is 15.0. The summed E-state index contributed by atoms with van der Waals surface area (Å²) in [6.45, 7) is 6.15. The average molecular weight is 323 g/mol. The molecule has 0 unspecified atom stereocenters. The fraction of sp³-hybridized carbons (Fsp3) is 0.611. The third-order valence-corrected chi connectivity index (χ3v) is 5.07. The summed E-state index contributed by atoms with van der Waals surface area (Å²) in [5.74, 6) is 1.11. The number of amides is 1. The fourth-order valence-electron chi connectivity index (χ4n) is 3.50. The van der Waals surface area contributed by atoms with E-state index >= 15 is 0 Å². The van der Waals surface area contributed by atoms with Crippen molar-refractivity contribution in [1.29, 1.82) is 0 Å². The van der Waals surface area contributed by atoms with Gasteiger partial charge in [0.05, 0.1) is 5.41 Å². The molecule has 1 N–H and O–H groups in total. The van der Waals surface area contributed by atoms with Crippen LogP contribution in [0, 0.1) is 5.92 Å². The van der Waals surface area contributed by atoms with Crippen LogP contribution in [0.3, 0.4) is 0 Å². The lowest BCUT2D eigenvalue weighted by atomic mass is 9.91. The van der Waals surface area contributed by atoms with Crippen LogP contribution in [0.4, 0.5) is 0 Å². The van der Waals surface area contributed by atoms with E-state index in [2.05, 4.69) is 29.3 Å². The molecule has 122 valence electrons. The second-order valence-corrected chi connectivity index (χ2v) is 6.49. The van der Waals surface area contributed by atoms with Crippen molar-refractivity contribution in [2.24, 2.45) is 5.92 Å². The molecule has 2 aliphatic rings. The van der Waals surface area contributed by atoms with Gasteiger partial charge in [-0.25, -0.2) is 0 Å². The molecule has 22 heavy (non-hydrogen) atoms. The van der Waals surface area contributed by atoms with Crippen molar-refractivity contribution in [3.05, 3.63) is 35.9 Å². The van der Waals surface area contributed by atoms with Crippen LogP contribution in [0.5, 0.6) is 0 Å². The van der Waals surface area contributed by atoms with E-state index in [1.807, 2.05) is 18.2 Å². The molecule has 1 saturated heterocycles. The normalized spacial score (nSPS) is 20.3. The number of nitrogens with zero attached hydrogens (tertiary/aromatic N) is 1. The zero-order valence-corrected chi connectivity index (χ0v) is 14.2. The molecule has 1 amide bonds. The summed E-state index contributed by atoms with van der Waals surface area (Å²) in [7, 11) is 0. The Balaban J connectivity index is 0.00000176. The summed E-state index contributed by atoms with van der Waals surface area (Å²) in [6, 6.07) is 10.3. The molecule has 1 aliphatic carbocycles. The Labute approximate surface area is 139 Å². The first kappa shape index (κ1) is 17.3. The van der Waals surface area contributed by atoms with Crippen LogP contribution < -0.4 is 5.32 Å². The van der Waals surface area contributed by atoms with Crippen molar-refractivity contribution in [1.82, 2.24) is 10.2 Å². The van der Waals surface area contributed by atoms with Gasteiger partial charge < -0.3 is 10.2 Å². The fourth-order valence-corrected chi connectivity index (χ4v) is 3.50. The van der Waals surface area contributed by atoms with Crippen LogP contribution in [0.25, 0.3) is 0 Å². The van der Waals surface area contributed by atoms with Crippen LogP contribution in [0.2, 0.25) is 0 Å². The van der Waals surface area contributed by atoms with Gasteiger partial charge in [-0.3, -0.25) is 4.79 Å². The highest BCUT2D eigenvalue weighted by Crippen LogP contribution is 2.49. The Hall–Kier alpha value is -1.06. The Bertz CT molecular complexity index is 479. The Morgan fingerprint density at radius 2 is 1.86 bits per heavy atom. The molecule has 0 atom stereocenters. The number of likely N-dealkylation sites (tertiary alicyclic amines) is 1. The summed E-state index contributed by atoms with van der Waals surface area (Å²) in [6.07, 6.45) is 4.33. The summed E-state index contributed by atoms with van der Waals surface area (Å²) in [5.41, 5.74) is 1.03. The van der Waals surface area contributed by atoms with Gasteiger partial charge in [-0.15, -0.1) is 12.4 Å². The minimum Gasteiger partial charge on any atom is -0.342 e. The zero-order valence-electron chi connectivity index (χ0n) is 13.4. The Morgan fingerprint density at radius 1 is 1.23 bits per heavy atom. The number of benzene rings is 1. The number of carbonyl (C=O) groups is 1. The minimum absolute atomic E-state index is 0. The number of carbonyl (C=O) groups excluding carboxylic acids is 1. The molecule has 3 rings (SSSR count). The van der Waals surface area contributed by atoms with Crippen LogP contribution in [-0.4, -0.2) is 37.0 Å². The third-order valence-electron chi connectivity index (χ3n) is 5.07. The molecule has 1 aromatic carbocycles. The highest BCUT2D eigenvalue weighted by Gasteiger charge is 2.53. The van der Waals surface area contributed by atoms with E-state index in [0.717, 1.165) is 57.8 Å². The second kappa shape index (κ2) is 7.47. The first-order chi connectivity index (χ1) is 10.3. The number of nitrogens with one attached hydrogen (secondary N) is 1. The molecule has 0 aromatic heterocycles. The Kier molecular flexibility index (Phi) is 5.87. The van der Waals surface area contributed by atoms with Gasteiger partial charge in [-0.1, -0.05) is 37.3 Å². The maximum absolute atomic E-state index is 12.9. The van der Waals surface area contributed by atoms with E-state index in [4.69, 9.17) is 0 Å². The predicted octanol–water partition coefficient (Wildman–Crippen LogP) is 2.99. The van der Waals surface area contributed by atoms with E-state index < -0.39 is 0 Å². The van der Waals surface area contributed by atoms with Gasteiger partial charge in [-0.05, 0) is 50.3 Å². The smallest absolute Gasteiger partial charge is 0.233 e. The molecule has 0 spiro atoms. The van der Waals surface area contributed by atoms with Crippen molar-refractivity contribution in [2.45, 2.75) is 38.0 Å². The minimum atomic E-state index is -0.185. The highest BCUT2D eigenvalue weighted by molar-refractivity contribution is 5.91. The van der Waals surface area contributed by atoms with Crippen molar-refractivity contribution in [2.75, 3.05) is 26.2 Å². The predicted molar refractivity (Wildman–Crippen MR) is 92.4 cm³/mol. The van der Waals surface area contributed by atoms with Gasteiger partial charge in [0.15, 0.2) is 0 Å². The lowest BCUT2D eigenvalue weighted by molar-refractivity contribution is -0.135. The van der Waals surface area contributed by atoms with Crippen LogP contribution >= 0.6 is 12.4 Å². The van der Waals surface area contributed by atoms with E-state index in [1.54, 1.807) is 0 Å². The van der Waals surface area contributed by atoms with Crippen molar-refractivity contribution in [3.8, 4) is 0 Å². The second-order valence-electron chi connectivity index (χ2n) is 6.49. The molecule has 1 heterocycles. The van der Waals surface area contributed by atoms with Crippen molar-refractivity contribution >= 4 is 18.3 Å². The Morgan fingerprint density at radius 3 is 2.41 bits per heavy atom. The number of rotatable bonds is 5. The van der Waals surface area contributed by atoms with Gasteiger partial charge >= 0.3 is 0 Å². The van der Waals surface area contributed by atoms with Gasteiger partial charge in [0.25, 0.3) is 0 Å². The lowest BCUT2D eigenvalue weighted by Crippen LogP contribution is -2.45. The maximum Gasteiger partial charge on any atom is 0.233 e. The molecule has 3 nitrogen and oxygen atoms in total. The third kappa shape index (κ3) is 3.47. The first-order valence-corrected chi connectivity index (χ1v) is 8.32. The number of piperidine rings is 1. The largest absolute Gasteiger partial charge is 0.342 e. The van der Waals surface area contributed by atoms with E-state index in [1.165, 1.54) is 5.56 Å². The van der Waals surface area contributed by atoms with Crippen LogP contribution in [0.1, 0.15) is 38.2 Å². The van der Waals surface area contributed by atoms with E-state index in [-0.39, 0.29) is 17.8 Å². The molecular weight excluding hydrogens is 296 g/mol. The summed E-state index contributed by atoms with van der Waals surface area (Å²) >= 11 is 0. The summed E-state index contributed by atoms with van der Waals surface area (Å²) in [5, 5.41) is 3.43. The molecule has 4 heteroatoms. The zero-order chi connectivity index (χ0) is 14.7. The molecular formula is C18H27ClN2O. The lowest BCUT2D eigenvalue weighted by Gasteiger charge is -2.34. The van der Waals surface area contributed by atoms with Crippen molar-refractivity contribution in [3.63, 3.8) is 0 Å². The van der Waals surface area contributed by atoms with Gasteiger partial charge in [-0.2, -0.15) is 0 Å². The SMILES string of the molecule is CCNCC1CCN(C(=O)C2(c3ccccc3)CC2)CC1.Cl. The monoisotopic (exact) mass is 322 g/mol. The van der Waals surface area contributed by atoms with Crippen molar-refractivity contribution < 1.29 is 4.79 Å². The number of halogens is 1. The first-order valence-electron chi connectivity index (χ1n) is 8.32. The molecule has 1 aromatic rings. The van der Waals surface area contributed by atoms with Crippen LogP contribution in [0.15, 0.2) is 30.3 Å². The molecule has 0 bridgehead atoms. The van der Waals surface area contributed by atoms with E-state index in [0.29, 0.717) is 5.91 Å². The summed E-state index contributed by atoms with van der Waals surface area (Å²) < 4.78 is 0. The van der Waals surface area contributed by atoms with Gasteiger partial charge in [0, 0.05) is 13.1 Å². The molecule has 2 fully saturated rings. The molecule has 1 aliphatic heterocycles.